The van der Waals surface area contributed by atoms with Gasteiger partial charge in [0.25, 0.3) is 0 Å². The predicted octanol–water partition coefficient (Wildman–Crippen LogP) is 1.54. The third-order valence-electron chi connectivity index (χ3n) is 6.27. The largest absolute Gasteiger partial charge is 0.393 e. The van der Waals surface area contributed by atoms with Crippen LogP contribution in [-0.4, -0.2) is 15.1 Å². The van der Waals surface area contributed by atoms with Crippen LogP contribution in [0.25, 0.3) is 0 Å². The molecule has 0 spiro atoms. The summed E-state index contributed by atoms with van der Waals surface area (Å²) in [5, 5.41) is 10.2. The summed E-state index contributed by atoms with van der Waals surface area (Å²) in [5.41, 5.74) is 0. The lowest BCUT2D eigenvalue weighted by Gasteiger charge is -2.33. The molecule has 2 heteroatoms. The van der Waals surface area contributed by atoms with E-state index in [1.54, 1.807) is 0 Å². The predicted molar refractivity (Wildman–Crippen MR) is 56.4 cm³/mol. The van der Waals surface area contributed by atoms with E-state index < -0.39 is 0 Å². The molecule has 13 heavy (non-hydrogen) atoms. The molecule has 0 aliphatic heterocycles. The Morgan fingerprint density at radius 3 is 2.31 bits per heavy atom. The van der Waals surface area contributed by atoms with Crippen LogP contribution in [0.1, 0.15) is 6.42 Å². The molecule has 0 radical (unpaired) electrons. The molecule has 6 aliphatic rings. The zero-order valence-corrected chi connectivity index (χ0v) is 9.46. The maximum Gasteiger partial charge on any atom is 0.0608 e. The Balaban J connectivity index is 1.86. The second kappa shape index (κ2) is 1.73. The Hall–Kier alpha value is 0.690. The highest BCUT2D eigenvalue weighted by Crippen LogP contribution is 2.83. The van der Waals surface area contributed by atoms with Crippen molar-refractivity contribution in [2.24, 2.45) is 47.3 Å². The van der Waals surface area contributed by atoms with E-state index in [-0.39, 0.29) is 6.10 Å². The fourth-order valence-electron chi connectivity index (χ4n) is 6.52. The van der Waals surface area contributed by atoms with Crippen molar-refractivity contribution in [1.29, 1.82) is 0 Å². The van der Waals surface area contributed by atoms with Gasteiger partial charge < -0.3 is 5.11 Å². The Morgan fingerprint density at radius 1 is 0.846 bits per heavy atom. The number of alkyl halides is 1. The standard InChI is InChI=1S/C11H13IO/c12-10-6-2-1-3-4(6)9-8(10)5(2)7(3)11(9)13/h2-11,13H,1H2/t2-,3+,4-,5-,6+,7+,8+,9-,10?,11-/m0/s1. The fourth-order valence-corrected chi connectivity index (χ4v) is 8.49. The van der Waals surface area contributed by atoms with Crippen LogP contribution in [0.5, 0.6) is 0 Å². The Bertz CT molecular complexity index is 283. The van der Waals surface area contributed by atoms with Crippen LogP contribution in [0, 0.1) is 47.3 Å². The van der Waals surface area contributed by atoms with Crippen molar-refractivity contribution in [2.75, 3.05) is 0 Å². The van der Waals surface area contributed by atoms with E-state index in [1.165, 1.54) is 6.42 Å². The molecule has 6 rings (SSSR count). The minimum Gasteiger partial charge on any atom is -0.393 e. The van der Waals surface area contributed by atoms with Gasteiger partial charge in [-0.1, -0.05) is 22.6 Å². The topological polar surface area (TPSA) is 20.2 Å². The molecule has 10 atom stereocenters. The van der Waals surface area contributed by atoms with Gasteiger partial charge in [0.05, 0.1) is 6.10 Å². The van der Waals surface area contributed by atoms with E-state index >= 15 is 0 Å². The molecule has 0 aromatic rings. The number of hydrogen-bond donors (Lipinski definition) is 1. The Labute approximate surface area is 91.4 Å². The summed E-state index contributed by atoms with van der Waals surface area (Å²) in [6.07, 6.45) is 1.62. The van der Waals surface area contributed by atoms with Crippen LogP contribution in [0.15, 0.2) is 0 Å². The molecule has 0 saturated heterocycles. The zero-order valence-electron chi connectivity index (χ0n) is 7.31. The molecular formula is C11H13IO. The van der Waals surface area contributed by atoms with Crippen LogP contribution in [-0.2, 0) is 0 Å². The summed E-state index contributed by atoms with van der Waals surface area (Å²) >= 11 is 2.70. The number of aliphatic hydroxyl groups is 1. The van der Waals surface area contributed by atoms with Crippen molar-refractivity contribution in [1.82, 2.24) is 0 Å². The van der Waals surface area contributed by atoms with Crippen molar-refractivity contribution in [3.05, 3.63) is 0 Å². The molecule has 6 fully saturated rings. The molecule has 0 aromatic heterocycles. The van der Waals surface area contributed by atoms with Gasteiger partial charge >= 0.3 is 0 Å². The van der Waals surface area contributed by atoms with Crippen LogP contribution in [0.4, 0.5) is 0 Å². The van der Waals surface area contributed by atoms with Crippen molar-refractivity contribution in [3.63, 3.8) is 0 Å². The molecule has 1 nitrogen and oxygen atoms in total. The fraction of sp³-hybridized carbons (Fsp3) is 1.00. The maximum atomic E-state index is 10.2. The second-order valence-corrected chi connectivity index (χ2v) is 7.40. The van der Waals surface area contributed by atoms with Crippen LogP contribution < -0.4 is 0 Å². The van der Waals surface area contributed by atoms with Gasteiger partial charge in [0.2, 0.25) is 0 Å². The highest BCUT2D eigenvalue weighted by molar-refractivity contribution is 14.1. The maximum absolute atomic E-state index is 10.2. The minimum absolute atomic E-state index is 0.125. The lowest BCUT2D eigenvalue weighted by molar-refractivity contribution is 0.116. The first kappa shape index (κ1) is 7.04. The lowest BCUT2D eigenvalue weighted by Crippen LogP contribution is -2.30. The van der Waals surface area contributed by atoms with Crippen LogP contribution in [0.3, 0.4) is 0 Å². The van der Waals surface area contributed by atoms with Crippen LogP contribution >= 0.6 is 22.6 Å². The zero-order chi connectivity index (χ0) is 8.48. The van der Waals surface area contributed by atoms with E-state index in [9.17, 15) is 5.11 Å². The molecule has 6 aliphatic carbocycles. The van der Waals surface area contributed by atoms with Gasteiger partial charge in [-0.05, 0) is 53.8 Å². The van der Waals surface area contributed by atoms with Gasteiger partial charge in [0.15, 0.2) is 0 Å². The van der Waals surface area contributed by atoms with Crippen molar-refractivity contribution < 1.29 is 5.11 Å². The first-order valence-electron chi connectivity index (χ1n) is 5.63. The summed E-state index contributed by atoms with van der Waals surface area (Å²) < 4.78 is 0.940. The summed E-state index contributed by atoms with van der Waals surface area (Å²) in [6.45, 7) is 0. The lowest BCUT2D eigenvalue weighted by atomic mass is 9.71. The normalized spacial score (nSPS) is 85.4. The Kier molecular flexibility index (Phi) is 0.936. The van der Waals surface area contributed by atoms with E-state index in [1.807, 2.05) is 0 Å². The number of rotatable bonds is 0. The molecule has 70 valence electrons. The van der Waals surface area contributed by atoms with Crippen LogP contribution in [0.2, 0.25) is 0 Å². The van der Waals surface area contributed by atoms with E-state index in [2.05, 4.69) is 22.6 Å². The molecule has 0 aromatic carbocycles. The van der Waals surface area contributed by atoms with Gasteiger partial charge in [0.1, 0.15) is 0 Å². The average Bonchev–Trinajstić information content (AvgIpc) is 2.78. The first-order valence-corrected chi connectivity index (χ1v) is 6.87. The van der Waals surface area contributed by atoms with Crippen molar-refractivity contribution in [3.8, 4) is 0 Å². The van der Waals surface area contributed by atoms with Gasteiger partial charge in [-0.2, -0.15) is 0 Å². The van der Waals surface area contributed by atoms with E-state index in [0.29, 0.717) is 0 Å². The van der Waals surface area contributed by atoms with E-state index in [4.69, 9.17) is 0 Å². The number of aliphatic hydroxyl groups excluding tert-OH is 1. The number of hydrogen-bond acceptors (Lipinski definition) is 1. The minimum atomic E-state index is 0.125. The SMILES string of the molecule is O[C@H]1[C@@H]2[C@@H]3C[C@@H]4[C@H]5C(I)[C@@H]([C@@H]1[C@@H]35)[C@@H]42. The second-order valence-electron chi connectivity index (χ2n) is 5.96. The third-order valence-corrected chi connectivity index (χ3v) is 7.93. The van der Waals surface area contributed by atoms with E-state index in [0.717, 1.165) is 51.3 Å². The summed E-state index contributed by atoms with van der Waals surface area (Å²) in [4.78, 5) is 0. The third kappa shape index (κ3) is 0.451. The smallest absolute Gasteiger partial charge is 0.0608 e. The average molecular weight is 288 g/mol. The molecule has 1 unspecified atom stereocenters. The van der Waals surface area contributed by atoms with Gasteiger partial charge in [-0.15, -0.1) is 0 Å². The first-order chi connectivity index (χ1) is 6.30. The van der Waals surface area contributed by atoms with Gasteiger partial charge in [-0.25, -0.2) is 0 Å². The quantitative estimate of drug-likeness (QED) is 0.529. The summed E-state index contributed by atoms with van der Waals surface area (Å²) in [7, 11) is 0. The molecular weight excluding hydrogens is 275 g/mol. The van der Waals surface area contributed by atoms with Gasteiger partial charge in [-0.3, -0.25) is 0 Å². The molecule has 6 bridgehead atoms. The Morgan fingerprint density at radius 2 is 1.54 bits per heavy atom. The van der Waals surface area contributed by atoms with Crippen molar-refractivity contribution >= 4 is 22.6 Å². The summed E-state index contributed by atoms with van der Waals surface area (Å²) in [5.74, 6) is 7.48. The summed E-state index contributed by atoms with van der Waals surface area (Å²) in [6, 6.07) is 0. The molecule has 0 heterocycles. The highest BCUT2D eigenvalue weighted by Gasteiger charge is 2.82. The molecule has 6 saturated carbocycles. The number of halogens is 1. The van der Waals surface area contributed by atoms with Gasteiger partial charge in [0, 0.05) is 3.92 Å². The molecule has 0 amide bonds. The highest BCUT2D eigenvalue weighted by atomic mass is 127. The molecule has 1 N–H and O–H groups in total. The van der Waals surface area contributed by atoms with Crippen molar-refractivity contribution in [2.45, 2.75) is 16.4 Å². The monoisotopic (exact) mass is 288 g/mol.